The van der Waals surface area contributed by atoms with Crippen LogP contribution in [0.3, 0.4) is 0 Å². The van der Waals surface area contributed by atoms with Gasteiger partial charge in [0.05, 0.1) is 12.1 Å². The van der Waals surface area contributed by atoms with E-state index in [2.05, 4.69) is 0 Å². The summed E-state index contributed by atoms with van der Waals surface area (Å²) in [5.41, 5.74) is -0.585. The second kappa shape index (κ2) is 6.07. The topological polar surface area (TPSA) is 79.2 Å². The smallest absolute Gasteiger partial charge is 0.410 e. The number of nitrogens with zero attached hydrogens (tertiary/aromatic N) is 1. The van der Waals surface area contributed by atoms with Gasteiger partial charge in [0.25, 0.3) is 0 Å². The van der Waals surface area contributed by atoms with Gasteiger partial charge < -0.3 is 24.6 Å². The maximum atomic E-state index is 11.9. The molecule has 1 fully saturated rings. The van der Waals surface area contributed by atoms with Crippen molar-refractivity contribution in [1.29, 1.82) is 0 Å². The van der Waals surface area contributed by atoms with Crippen LogP contribution in [0.1, 0.15) is 33.6 Å². The van der Waals surface area contributed by atoms with Crippen LogP contribution >= 0.6 is 0 Å². The molecule has 0 saturated heterocycles. The summed E-state index contributed by atoms with van der Waals surface area (Å²) in [6.45, 7) is 5.35. The molecule has 1 saturated carbocycles. The lowest BCUT2D eigenvalue weighted by Gasteiger charge is -2.41. The van der Waals surface area contributed by atoms with Crippen LogP contribution in [-0.4, -0.2) is 65.3 Å². The molecule has 0 heterocycles. The number of carbonyl (C=O) groups excluding carboxylic acids is 1. The molecule has 0 aromatic rings. The highest BCUT2D eigenvalue weighted by molar-refractivity contribution is 5.68. The zero-order valence-corrected chi connectivity index (χ0v) is 12.3. The van der Waals surface area contributed by atoms with Crippen LogP contribution in [0.25, 0.3) is 0 Å². The molecule has 4 atom stereocenters. The Kier molecular flexibility index (Phi) is 5.18. The van der Waals surface area contributed by atoms with E-state index in [-0.39, 0.29) is 0 Å². The van der Waals surface area contributed by atoms with Crippen LogP contribution in [0.4, 0.5) is 4.79 Å². The fraction of sp³-hybridized carbons (Fsp3) is 0.923. The van der Waals surface area contributed by atoms with E-state index in [1.807, 2.05) is 0 Å². The van der Waals surface area contributed by atoms with Gasteiger partial charge >= 0.3 is 6.09 Å². The minimum atomic E-state index is -1.03. The van der Waals surface area contributed by atoms with Gasteiger partial charge in [-0.2, -0.15) is 0 Å². The Morgan fingerprint density at radius 1 is 1.21 bits per heavy atom. The van der Waals surface area contributed by atoms with E-state index in [1.54, 1.807) is 27.8 Å². The van der Waals surface area contributed by atoms with Crippen molar-refractivity contribution in [2.75, 3.05) is 14.2 Å². The van der Waals surface area contributed by atoms with E-state index in [9.17, 15) is 15.0 Å². The Morgan fingerprint density at radius 3 is 2.26 bits per heavy atom. The predicted molar refractivity (Wildman–Crippen MR) is 69.8 cm³/mol. The molecule has 0 unspecified atom stereocenters. The number of methoxy groups -OCH3 is 1. The lowest BCUT2D eigenvalue weighted by molar-refractivity contribution is -0.127. The van der Waals surface area contributed by atoms with Crippen molar-refractivity contribution in [3.63, 3.8) is 0 Å². The molecule has 1 rings (SSSR count). The van der Waals surface area contributed by atoms with E-state index in [1.165, 1.54) is 12.0 Å². The van der Waals surface area contributed by atoms with Gasteiger partial charge in [-0.25, -0.2) is 4.79 Å². The number of rotatable bonds is 2. The summed E-state index contributed by atoms with van der Waals surface area (Å²) in [6, 6.07) is -0.462. The quantitative estimate of drug-likeness (QED) is 0.777. The molecule has 6 heteroatoms. The number of hydrogen-bond donors (Lipinski definition) is 2. The molecule has 0 radical (unpaired) electrons. The Labute approximate surface area is 114 Å². The normalized spacial score (nSPS) is 31.9. The SMILES string of the molecule is CO[C@H]1CC[C@@H](N(C)C(=O)OC(C)(C)C)[C@H](O)[C@@H]1O. The summed E-state index contributed by atoms with van der Waals surface area (Å²) in [4.78, 5) is 13.3. The molecule has 1 amide bonds. The van der Waals surface area contributed by atoms with E-state index in [0.717, 1.165) is 0 Å². The first-order valence-corrected chi connectivity index (χ1v) is 6.52. The zero-order valence-electron chi connectivity index (χ0n) is 12.3. The third kappa shape index (κ3) is 4.06. The van der Waals surface area contributed by atoms with Crippen LogP contribution in [0.5, 0.6) is 0 Å². The molecule has 0 aliphatic heterocycles. The van der Waals surface area contributed by atoms with Crippen LogP contribution in [0.2, 0.25) is 0 Å². The van der Waals surface area contributed by atoms with Gasteiger partial charge in [-0.05, 0) is 33.6 Å². The van der Waals surface area contributed by atoms with Crippen LogP contribution in [-0.2, 0) is 9.47 Å². The lowest BCUT2D eigenvalue weighted by Crippen LogP contribution is -2.57. The first-order valence-electron chi connectivity index (χ1n) is 6.52. The van der Waals surface area contributed by atoms with Gasteiger partial charge in [-0.15, -0.1) is 0 Å². The van der Waals surface area contributed by atoms with Gasteiger partial charge in [0.15, 0.2) is 0 Å². The Bertz CT molecular complexity index is 315. The van der Waals surface area contributed by atoms with Gasteiger partial charge in [0.2, 0.25) is 0 Å². The number of amides is 1. The molecule has 0 aromatic carbocycles. The van der Waals surface area contributed by atoms with Crippen molar-refractivity contribution in [2.24, 2.45) is 0 Å². The Balaban J connectivity index is 2.67. The Hall–Kier alpha value is -0.850. The van der Waals surface area contributed by atoms with E-state index in [4.69, 9.17) is 9.47 Å². The second-order valence-electron chi connectivity index (χ2n) is 5.99. The number of aliphatic hydroxyl groups is 2. The number of hydrogen-bond acceptors (Lipinski definition) is 5. The molecule has 0 spiro atoms. The molecule has 19 heavy (non-hydrogen) atoms. The zero-order chi connectivity index (χ0) is 14.8. The Morgan fingerprint density at radius 2 is 1.79 bits per heavy atom. The highest BCUT2D eigenvalue weighted by atomic mass is 16.6. The van der Waals surface area contributed by atoms with Gasteiger partial charge in [0, 0.05) is 14.2 Å². The lowest BCUT2D eigenvalue weighted by atomic mass is 9.87. The van der Waals surface area contributed by atoms with Gasteiger partial charge in [-0.3, -0.25) is 0 Å². The van der Waals surface area contributed by atoms with Crippen molar-refractivity contribution < 1.29 is 24.5 Å². The first kappa shape index (κ1) is 16.2. The van der Waals surface area contributed by atoms with Crippen molar-refractivity contribution in [3.05, 3.63) is 0 Å². The van der Waals surface area contributed by atoms with Crippen LogP contribution < -0.4 is 0 Å². The van der Waals surface area contributed by atoms with Crippen molar-refractivity contribution >= 4 is 6.09 Å². The van der Waals surface area contributed by atoms with E-state index in [0.29, 0.717) is 12.8 Å². The maximum absolute atomic E-state index is 11.9. The summed E-state index contributed by atoms with van der Waals surface area (Å²) in [5.74, 6) is 0. The number of ether oxygens (including phenoxy) is 2. The first-order chi connectivity index (χ1) is 8.67. The molecule has 112 valence electrons. The third-order valence-electron chi connectivity index (χ3n) is 3.35. The maximum Gasteiger partial charge on any atom is 0.410 e. The summed E-state index contributed by atoms with van der Waals surface area (Å²) in [6.07, 6.45) is -1.76. The second-order valence-corrected chi connectivity index (χ2v) is 5.99. The molecule has 1 aliphatic rings. The molecule has 0 bridgehead atoms. The predicted octanol–water partition coefficient (Wildman–Crippen LogP) is 0.752. The number of likely N-dealkylation sites (N-methyl/N-ethyl adjacent to an activating group) is 1. The average molecular weight is 275 g/mol. The molecule has 1 aliphatic carbocycles. The summed E-state index contributed by atoms with van der Waals surface area (Å²) in [7, 11) is 3.07. The highest BCUT2D eigenvalue weighted by Gasteiger charge is 2.41. The van der Waals surface area contributed by atoms with Crippen molar-refractivity contribution in [2.45, 2.75) is 63.6 Å². The summed E-state index contributed by atoms with van der Waals surface area (Å²) in [5, 5.41) is 20.0. The number of aliphatic hydroxyl groups excluding tert-OH is 2. The van der Waals surface area contributed by atoms with E-state index < -0.39 is 36.0 Å². The molecule has 6 nitrogen and oxygen atoms in total. The van der Waals surface area contributed by atoms with Crippen molar-refractivity contribution in [1.82, 2.24) is 4.90 Å². The van der Waals surface area contributed by atoms with Gasteiger partial charge in [-0.1, -0.05) is 0 Å². The minimum Gasteiger partial charge on any atom is -0.444 e. The standard InChI is InChI=1S/C13H25NO5/c1-13(2,3)19-12(17)14(4)8-6-7-9(18-5)11(16)10(8)15/h8-11,15-16H,6-7H2,1-5H3/t8-,9+,10+,11-/m1/s1. The summed E-state index contributed by atoms with van der Waals surface area (Å²) >= 11 is 0. The molecule has 2 N–H and O–H groups in total. The number of carbonyl (C=O) groups is 1. The molecular weight excluding hydrogens is 250 g/mol. The minimum absolute atomic E-state index is 0.390. The molecule has 0 aromatic heterocycles. The average Bonchev–Trinajstić information content (AvgIpc) is 2.29. The van der Waals surface area contributed by atoms with Crippen molar-refractivity contribution in [3.8, 4) is 0 Å². The fourth-order valence-electron chi connectivity index (χ4n) is 2.27. The van der Waals surface area contributed by atoms with Crippen LogP contribution in [0.15, 0.2) is 0 Å². The summed E-state index contributed by atoms with van der Waals surface area (Å²) < 4.78 is 10.4. The highest BCUT2D eigenvalue weighted by Crippen LogP contribution is 2.26. The van der Waals surface area contributed by atoms with E-state index >= 15 is 0 Å². The largest absolute Gasteiger partial charge is 0.444 e. The third-order valence-corrected chi connectivity index (χ3v) is 3.35. The van der Waals surface area contributed by atoms with Crippen LogP contribution in [0, 0.1) is 0 Å². The monoisotopic (exact) mass is 275 g/mol. The van der Waals surface area contributed by atoms with Gasteiger partial charge in [0.1, 0.15) is 17.8 Å². The molecular formula is C13H25NO5. The fourth-order valence-corrected chi connectivity index (χ4v) is 2.27.